The fraction of sp³-hybridized carbons (Fsp3) is 0.867. The van der Waals surface area contributed by atoms with E-state index in [2.05, 4.69) is 26.7 Å². The zero-order valence-corrected chi connectivity index (χ0v) is 10.6. The third-order valence-corrected chi connectivity index (χ3v) is 4.20. The van der Waals surface area contributed by atoms with Gasteiger partial charge in [0, 0.05) is 5.92 Å². The molecule has 2 unspecified atom stereocenters. The van der Waals surface area contributed by atoms with Gasteiger partial charge in [0.05, 0.1) is 0 Å². The first-order valence-electron chi connectivity index (χ1n) is 6.59. The molecule has 0 aliphatic heterocycles. The second-order valence-corrected chi connectivity index (χ2v) is 5.64. The summed E-state index contributed by atoms with van der Waals surface area (Å²) in [5.41, 5.74) is 0. The molecule has 1 saturated carbocycles. The predicted octanol–water partition coefficient (Wildman–Crippen LogP) is 4.50. The number of terminal acetylenes is 1. The molecule has 0 nitrogen and oxygen atoms in total. The van der Waals surface area contributed by atoms with Crippen LogP contribution in [-0.4, -0.2) is 0 Å². The van der Waals surface area contributed by atoms with Crippen molar-refractivity contribution in [2.24, 2.45) is 23.7 Å². The third-order valence-electron chi connectivity index (χ3n) is 4.20. The Hall–Kier alpha value is -0.440. The van der Waals surface area contributed by atoms with Gasteiger partial charge in [0.25, 0.3) is 0 Å². The van der Waals surface area contributed by atoms with Crippen LogP contribution < -0.4 is 0 Å². The highest BCUT2D eigenvalue weighted by atomic mass is 14.3. The summed E-state index contributed by atoms with van der Waals surface area (Å²) in [6.45, 7) is 6.97. The Bertz CT molecular complexity index is 203. The van der Waals surface area contributed by atoms with Crippen molar-refractivity contribution in [3.05, 3.63) is 0 Å². The molecule has 0 bridgehead atoms. The van der Waals surface area contributed by atoms with E-state index in [0.717, 1.165) is 17.8 Å². The summed E-state index contributed by atoms with van der Waals surface area (Å²) in [4.78, 5) is 0. The molecule has 1 aliphatic carbocycles. The van der Waals surface area contributed by atoms with Gasteiger partial charge in [-0.1, -0.05) is 33.6 Å². The maximum absolute atomic E-state index is 5.40. The van der Waals surface area contributed by atoms with E-state index in [0.29, 0.717) is 5.92 Å². The first kappa shape index (κ1) is 12.6. The molecule has 2 atom stereocenters. The molecule has 0 heterocycles. The van der Waals surface area contributed by atoms with Crippen LogP contribution in [-0.2, 0) is 0 Å². The molecule has 0 aromatic heterocycles. The monoisotopic (exact) mass is 206 g/mol. The van der Waals surface area contributed by atoms with Crippen molar-refractivity contribution in [3.63, 3.8) is 0 Å². The summed E-state index contributed by atoms with van der Waals surface area (Å²) in [5, 5.41) is 0. The van der Waals surface area contributed by atoms with E-state index in [4.69, 9.17) is 6.42 Å². The van der Waals surface area contributed by atoms with Gasteiger partial charge in [0.1, 0.15) is 0 Å². The average Bonchev–Trinajstić information content (AvgIpc) is 2.26. The number of hydrogen-bond donors (Lipinski definition) is 0. The third kappa shape index (κ3) is 4.29. The number of hydrogen-bond acceptors (Lipinski definition) is 0. The van der Waals surface area contributed by atoms with E-state index in [1.54, 1.807) is 0 Å². The van der Waals surface area contributed by atoms with E-state index in [1.165, 1.54) is 38.5 Å². The fourth-order valence-corrected chi connectivity index (χ4v) is 2.69. The van der Waals surface area contributed by atoms with Gasteiger partial charge >= 0.3 is 0 Å². The maximum Gasteiger partial charge on any atom is 0.0172 e. The molecule has 86 valence electrons. The molecule has 1 rings (SSSR count). The lowest BCUT2D eigenvalue weighted by Gasteiger charge is -2.31. The van der Waals surface area contributed by atoms with Gasteiger partial charge in [-0.3, -0.25) is 0 Å². The molecule has 0 aromatic rings. The molecule has 0 aromatic carbocycles. The Labute approximate surface area is 95.8 Å². The average molecular weight is 206 g/mol. The molecule has 0 heteroatoms. The largest absolute Gasteiger partial charge is 0.120 e. The van der Waals surface area contributed by atoms with E-state index in [-0.39, 0.29) is 0 Å². The lowest BCUT2D eigenvalue weighted by Crippen LogP contribution is -2.19. The van der Waals surface area contributed by atoms with Gasteiger partial charge in [-0.25, -0.2) is 0 Å². The minimum atomic E-state index is 0.468. The minimum Gasteiger partial charge on any atom is -0.120 e. The highest BCUT2D eigenvalue weighted by Crippen LogP contribution is 2.35. The van der Waals surface area contributed by atoms with E-state index in [1.807, 2.05) is 0 Å². The van der Waals surface area contributed by atoms with Crippen LogP contribution in [0.3, 0.4) is 0 Å². The first-order chi connectivity index (χ1) is 7.13. The Kier molecular flexibility index (Phi) is 5.23. The second-order valence-electron chi connectivity index (χ2n) is 5.64. The quantitative estimate of drug-likeness (QED) is 0.594. The summed E-state index contributed by atoms with van der Waals surface area (Å²) < 4.78 is 0. The molecule has 0 saturated heterocycles. The molecular formula is C15H26. The molecule has 15 heavy (non-hydrogen) atoms. The van der Waals surface area contributed by atoms with Crippen LogP contribution in [0, 0.1) is 36.0 Å². The molecule has 1 fully saturated rings. The fourth-order valence-electron chi connectivity index (χ4n) is 2.69. The standard InChI is InChI=1S/C15H26/c1-5-12(2)6-9-14(4)15-10-7-13(3)8-11-15/h1,12-15H,6-11H2,2-4H3. The van der Waals surface area contributed by atoms with E-state index in [9.17, 15) is 0 Å². The molecule has 0 N–H and O–H groups in total. The zero-order valence-electron chi connectivity index (χ0n) is 10.6. The van der Waals surface area contributed by atoms with Crippen molar-refractivity contribution >= 4 is 0 Å². The zero-order chi connectivity index (χ0) is 11.3. The number of rotatable bonds is 4. The maximum atomic E-state index is 5.40. The van der Waals surface area contributed by atoms with Gasteiger partial charge in [0.15, 0.2) is 0 Å². The van der Waals surface area contributed by atoms with Gasteiger partial charge in [0.2, 0.25) is 0 Å². The van der Waals surface area contributed by atoms with Crippen LogP contribution in [0.4, 0.5) is 0 Å². The normalized spacial score (nSPS) is 30.5. The van der Waals surface area contributed by atoms with Crippen LogP contribution in [0.15, 0.2) is 0 Å². The van der Waals surface area contributed by atoms with Crippen LogP contribution in [0.25, 0.3) is 0 Å². The summed E-state index contributed by atoms with van der Waals surface area (Å²) in [7, 11) is 0. The predicted molar refractivity (Wildman–Crippen MR) is 67.5 cm³/mol. The lowest BCUT2D eigenvalue weighted by atomic mass is 9.75. The minimum absolute atomic E-state index is 0.468. The Morgan fingerprint density at radius 2 is 1.73 bits per heavy atom. The topological polar surface area (TPSA) is 0 Å². The van der Waals surface area contributed by atoms with E-state index >= 15 is 0 Å². The van der Waals surface area contributed by atoms with Gasteiger partial charge in [-0.05, 0) is 43.4 Å². The van der Waals surface area contributed by atoms with Crippen molar-refractivity contribution in [2.45, 2.75) is 59.3 Å². The second kappa shape index (κ2) is 6.21. The smallest absolute Gasteiger partial charge is 0.0172 e. The van der Waals surface area contributed by atoms with Gasteiger partial charge in [-0.2, -0.15) is 0 Å². The SMILES string of the molecule is C#CC(C)CCC(C)C1CCC(C)CC1. The lowest BCUT2D eigenvalue weighted by molar-refractivity contribution is 0.210. The summed E-state index contributed by atoms with van der Waals surface area (Å²) in [6.07, 6.45) is 13.7. The van der Waals surface area contributed by atoms with Crippen LogP contribution in [0.1, 0.15) is 59.3 Å². The molecule has 0 radical (unpaired) electrons. The summed E-state index contributed by atoms with van der Waals surface area (Å²) in [6, 6.07) is 0. The van der Waals surface area contributed by atoms with Gasteiger partial charge in [-0.15, -0.1) is 12.3 Å². The Morgan fingerprint density at radius 3 is 2.27 bits per heavy atom. The molecular weight excluding hydrogens is 180 g/mol. The highest BCUT2D eigenvalue weighted by molar-refractivity contribution is 4.90. The van der Waals surface area contributed by atoms with Crippen LogP contribution >= 0.6 is 0 Å². The molecule has 0 spiro atoms. The van der Waals surface area contributed by atoms with Crippen molar-refractivity contribution in [1.82, 2.24) is 0 Å². The van der Waals surface area contributed by atoms with Crippen LogP contribution in [0.5, 0.6) is 0 Å². The molecule has 1 aliphatic rings. The van der Waals surface area contributed by atoms with Crippen molar-refractivity contribution in [1.29, 1.82) is 0 Å². The Morgan fingerprint density at radius 1 is 1.13 bits per heavy atom. The van der Waals surface area contributed by atoms with Crippen molar-refractivity contribution in [2.75, 3.05) is 0 Å². The summed E-state index contributed by atoms with van der Waals surface area (Å²) >= 11 is 0. The van der Waals surface area contributed by atoms with Crippen LogP contribution in [0.2, 0.25) is 0 Å². The van der Waals surface area contributed by atoms with Gasteiger partial charge < -0.3 is 0 Å². The summed E-state index contributed by atoms with van der Waals surface area (Å²) in [5.74, 6) is 6.13. The van der Waals surface area contributed by atoms with Crippen molar-refractivity contribution in [3.8, 4) is 12.3 Å². The van der Waals surface area contributed by atoms with Crippen molar-refractivity contribution < 1.29 is 0 Å². The van der Waals surface area contributed by atoms with E-state index < -0.39 is 0 Å². The Balaban J connectivity index is 2.22. The highest BCUT2D eigenvalue weighted by Gasteiger charge is 2.22. The molecule has 0 amide bonds. The first-order valence-corrected chi connectivity index (χ1v) is 6.59.